The van der Waals surface area contributed by atoms with Crippen LogP contribution in [-0.4, -0.2) is 49.1 Å². The first-order valence-electron chi connectivity index (χ1n) is 9.68. The molecule has 0 spiro atoms. The van der Waals surface area contributed by atoms with Crippen molar-refractivity contribution in [1.29, 1.82) is 0 Å². The van der Waals surface area contributed by atoms with Crippen molar-refractivity contribution in [2.45, 2.75) is 55.6 Å². The quantitative estimate of drug-likeness (QED) is 0.638. The van der Waals surface area contributed by atoms with Crippen LogP contribution in [0.4, 0.5) is 19.0 Å². The van der Waals surface area contributed by atoms with Gasteiger partial charge in [-0.1, -0.05) is 12.1 Å². The SMILES string of the molecule is COC(=O)[C@@H]1C[C@@H](S(=O)(=O)c2ccccc2C(F)(F)F)CN1c1cc(C)nn1C(C)C. The number of ether oxygens (including phenoxy) is 1. The van der Waals surface area contributed by atoms with Crippen molar-refractivity contribution in [2.75, 3.05) is 18.6 Å². The molecule has 1 aliphatic heterocycles. The van der Waals surface area contributed by atoms with Crippen LogP contribution in [0.15, 0.2) is 35.2 Å². The van der Waals surface area contributed by atoms with Gasteiger partial charge in [-0.15, -0.1) is 0 Å². The molecule has 1 aromatic heterocycles. The fourth-order valence-electron chi connectivity index (χ4n) is 3.86. The lowest BCUT2D eigenvalue weighted by Gasteiger charge is -2.26. The Hall–Kier alpha value is -2.56. The molecule has 7 nitrogen and oxygen atoms in total. The number of carbonyl (C=O) groups excluding carboxylic acids is 1. The second kappa shape index (κ2) is 8.18. The minimum absolute atomic E-state index is 0.0800. The zero-order valence-corrected chi connectivity index (χ0v) is 18.4. The van der Waals surface area contributed by atoms with E-state index in [1.807, 2.05) is 13.8 Å². The number of anilines is 1. The van der Waals surface area contributed by atoms with E-state index in [1.54, 1.807) is 22.6 Å². The van der Waals surface area contributed by atoms with Gasteiger partial charge in [0.1, 0.15) is 11.9 Å². The maximum Gasteiger partial charge on any atom is 0.417 e. The Morgan fingerprint density at radius 1 is 1.26 bits per heavy atom. The first-order valence-corrected chi connectivity index (χ1v) is 11.2. The van der Waals surface area contributed by atoms with Crippen molar-refractivity contribution >= 4 is 21.6 Å². The fourth-order valence-corrected chi connectivity index (χ4v) is 5.77. The van der Waals surface area contributed by atoms with Gasteiger partial charge in [-0.2, -0.15) is 18.3 Å². The number of sulfone groups is 1. The maximum atomic E-state index is 13.5. The summed E-state index contributed by atoms with van der Waals surface area (Å²) < 4.78 is 73.4. The third kappa shape index (κ3) is 4.28. The lowest BCUT2D eigenvalue weighted by atomic mass is 10.2. The summed E-state index contributed by atoms with van der Waals surface area (Å²) in [6, 6.07) is 4.77. The number of halogens is 3. The topological polar surface area (TPSA) is 81.5 Å². The highest BCUT2D eigenvalue weighted by Crippen LogP contribution is 2.39. The minimum Gasteiger partial charge on any atom is -0.467 e. The van der Waals surface area contributed by atoms with Crippen molar-refractivity contribution < 1.29 is 31.1 Å². The standard InChI is InChI=1S/C20H24F3N3O4S/c1-12(2)26-18(9-13(3)24-26)25-11-14(10-16(25)19(27)30-4)31(28,29)17-8-6-5-7-15(17)20(21,22)23/h5-9,12,14,16H,10-11H2,1-4H3/t14-,16+/m1/s1. The molecule has 2 aromatic rings. The highest BCUT2D eigenvalue weighted by Gasteiger charge is 2.47. The van der Waals surface area contributed by atoms with E-state index >= 15 is 0 Å². The third-order valence-electron chi connectivity index (χ3n) is 5.30. The van der Waals surface area contributed by atoms with E-state index in [0.29, 0.717) is 11.5 Å². The molecule has 2 atom stereocenters. The summed E-state index contributed by atoms with van der Waals surface area (Å²) in [6.45, 7) is 5.37. The molecule has 3 rings (SSSR count). The van der Waals surface area contributed by atoms with E-state index in [1.165, 1.54) is 13.2 Å². The summed E-state index contributed by atoms with van der Waals surface area (Å²) in [5.74, 6) is -0.138. The van der Waals surface area contributed by atoms with Crippen LogP contribution in [-0.2, 0) is 25.5 Å². The van der Waals surface area contributed by atoms with E-state index < -0.39 is 43.7 Å². The molecule has 1 fully saturated rings. The number of rotatable bonds is 5. The smallest absolute Gasteiger partial charge is 0.417 e. The van der Waals surface area contributed by atoms with Crippen LogP contribution in [0, 0.1) is 6.92 Å². The molecule has 0 aliphatic carbocycles. The highest BCUT2D eigenvalue weighted by atomic mass is 32.2. The van der Waals surface area contributed by atoms with E-state index in [2.05, 4.69) is 5.10 Å². The van der Waals surface area contributed by atoms with Gasteiger partial charge in [0.05, 0.1) is 28.5 Å². The number of aromatic nitrogens is 2. The molecule has 1 aliphatic rings. The highest BCUT2D eigenvalue weighted by molar-refractivity contribution is 7.92. The molecule has 11 heteroatoms. The number of hydrogen-bond acceptors (Lipinski definition) is 6. The van der Waals surface area contributed by atoms with Crippen LogP contribution in [0.3, 0.4) is 0 Å². The number of nitrogens with zero attached hydrogens (tertiary/aromatic N) is 3. The summed E-state index contributed by atoms with van der Waals surface area (Å²) >= 11 is 0. The summed E-state index contributed by atoms with van der Waals surface area (Å²) in [6.07, 6.45) is -5.01. The van der Waals surface area contributed by atoms with E-state index in [0.717, 1.165) is 18.2 Å². The molecule has 0 bridgehead atoms. The number of alkyl halides is 3. The first kappa shape index (κ1) is 23.1. The Morgan fingerprint density at radius 3 is 2.48 bits per heavy atom. The van der Waals surface area contributed by atoms with Gasteiger partial charge < -0.3 is 9.64 Å². The van der Waals surface area contributed by atoms with Crippen LogP contribution < -0.4 is 4.90 Å². The van der Waals surface area contributed by atoms with Gasteiger partial charge in [0, 0.05) is 18.7 Å². The molecule has 0 radical (unpaired) electrons. The average molecular weight is 459 g/mol. The van der Waals surface area contributed by atoms with E-state index in [9.17, 15) is 26.4 Å². The largest absolute Gasteiger partial charge is 0.467 e. The molecule has 31 heavy (non-hydrogen) atoms. The van der Waals surface area contributed by atoms with Gasteiger partial charge in [0.2, 0.25) is 0 Å². The maximum absolute atomic E-state index is 13.5. The van der Waals surface area contributed by atoms with Crippen LogP contribution >= 0.6 is 0 Å². The lowest BCUT2D eigenvalue weighted by Crippen LogP contribution is -2.38. The minimum atomic E-state index is -4.82. The Labute approximate surface area is 178 Å². The van der Waals surface area contributed by atoms with Crippen molar-refractivity contribution in [2.24, 2.45) is 0 Å². The third-order valence-corrected chi connectivity index (χ3v) is 7.48. The van der Waals surface area contributed by atoms with Crippen molar-refractivity contribution in [1.82, 2.24) is 9.78 Å². The second-order valence-corrected chi connectivity index (χ2v) is 9.97. The Kier molecular flexibility index (Phi) is 6.09. The average Bonchev–Trinajstić information content (AvgIpc) is 3.31. The van der Waals surface area contributed by atoms with Crippen LogP contribution in [0.2, 0.25) is 0 Å². The van der Waals surface area contributed by atoms with Gasteiger partial charge in [-0.05, 0) is 39.3 Å². The number of aryl methyl sites for hydroxylation is 1. The Morgan fingerprint density at radius 2 is 1.90 bits per heavy atom. The van der Waals surface area contributed by atoms with Crippen molar-refractivity contribution in [3.63, 3.8) is 0 Å². The zero-order valence-electron chi connectivity index (χ0n) is 17.5. The number of carbonyl (C=O) groups is 1. The number of benzene rings is 1. The van der Waals surface area contributed by atoms with Gasteiger partial charge in [-0.25, -0.2) is 17.9 Å². The van der Waals surface area contributed by atoms with E-state index in [4.69, 9.17) is 4.74 Å². The molecule has 1 aromatic carbocycles. The predicted octanol–water partition coefficient (Wildman–Crippen LogP) is 3.39. The van der Waals surface area contributed by atoms with Crippen LogP contribution in [0.1, 0.15) is 37.6 Å². The first-order chi connectivity index (χ1) is 14.4. The number of methoxy groups -OCH3 is 1. The molecular formula is C20H24F3N3O4S. The van der Waals surface area contributed by atoms with Gasteiger partial charge >= 0.3 is 12.1 Å². The van der Waals surface area contributed by atoms with E-state index in [-0.39, 0.29) is 19.0 Å². The molecule has 2 heterocycles. The monoisotopic (exact) mass is 459 g/mol. The van der Waals surface area contributed by atoms with Gasteiger partial charge in [-0.3, -0.25) is 0 Å². The predicted molar refractivity (Wildman–Crippen MR) is 108 cm³/mol. The summed E-state index contributed by atoms with van der Waals surface area (Å²) in [5.41, 5.74) is -0.549. The molecule has 0 N–H and O–H groups in total. The number of hydrogen-bond donors (Lipinski definition) is 0. The normalized spacial score (nSPS) is 19.8. The summed E-state index contributed by atoms with van der Waals surface area (Å²) in [4.78, 5) is 13.2. The van der Waals surface area contributed by atoms with Crippen molar-refractivity contribution in [3.8, 4) is 0 Å². The van der Waals surface area contributed by atoms with Crippen LogP contribution in [0.25, 0.3) is 0 Å². The lowest BCUT2D eigenvalue weighted by molar-refractivity contribution is -0.142. The van der Waals surface area contributed by atoms with Crippen molar-refractivity contribution in [3.05, 3.63) is 41.6 Å². The summed E-state index contributed by atoms with van der Waals surface area (Å²) in [5, 5.41) is 3.16. The molecule has 0 amide bonds. The molecule has 0 unspecified atom stereocenters. The Balaban J connectivity index is 2.07. The van der Waals surface area contributed by atoms with Crippen LogP contribution in [0.5, 0.6) is 0 Å². The Bertz CT molecular complexity index is 1080. The zero-order chi connectivity index (χ0) is 23.1. The molecular weight excluding hydrogens is 435 g/mol. The van der Waals surface area contributed by atoms with Gasteiger partial charge in [0.25, 0.3) is 0 Å². The second-order valence-electron chi connectivity index (χ2n) is 7.77. The van der Waals surface area contributed by atoms with Gasteiger partial charge in [0.15, 0.2) is 9.84 Å². The molecule has 1 saturated heterocycles. The molecule has 0 saturated carbocycles. The fraction of sp³-hybridized carbons (Fsp3) is 0.500. The number of esters is 1. The summed E-state index contributed by atoms with van der Waals surface area (Å²) in [7, 11) is -3.21. The molecule has 170 valence electrons.